The Labute approximate surface area is 254 Å². The zero-order valence-electron chi connectivity index (χ0n) is 24.8. The van der Waals surface area contributed by atoms with Crippen molar-refractivity contribution in [3.05, 3.63) is 76.8 Å². The van der Waals surface area contributed by atoms with Crippen LogP contribution in [0.1, 0.15) is 65.2 Å². The van der Waals surface area contributed by atoms with Crippen molar-refractivity contribution in [1.29, 1.82) is 0 Å². The Hall–Kier alpha value is -4.45. The summed E-state index contributed by atoms with van der Waals surface area (Å²) < 4.78 is 25.8. The van der Waals surface area contributed by atoms with Gasteiger partial charge in [-0.25, -0.2) is 9.61 Å². The van der Waals surface area contributed by atoms with E-state index in [0.717, 1.165) is 36.9 Å². The van der Waals surface area contributed by atoms with Crippen LogP contribution in [0.2, 0.25) is 0 Å². The van der Waals surface area contributed by atoms with E-state index in [1.807, 2.05) is 37.3 Å². The monoisotopic (exact) mass is 601 g/mol. The molecular weight excluding hydrogens is 565 g/mol. The van der Waals surface area contributed by atoms with Crippen LogP contribution in [0.4, 0.5) is 10.2 Å². The highest BCUT2D eigenvalue weighted by atomic mass is 19.1. The van der Waals surface area contributed by atoms with Gasteiger partial charge in [-0.3, -0.25) is 14.7 Å². The summed E-state index contributed by atoms with van der Waals surface area (Å²) in [6, 6.07) is 12.2. The van der Waals surface area contributed by atoms with Gasteiger partial charge < -0.3 is 15.4 Å². The number of aromatic nitrogens is 5. The molecule has 2 aliphatic rings. The first-order valence-corrected chi connectivity index (χ1v) is 15.1. The number of hydrogen-bond donors (Lipinski definition) is 3. The summed E-state index contributed by atoms with van der Waals surface area (Å²) >= 11 is 0. The van der Waals surface area contributed by atoms with Crippen LogP contribution >= 0.6 is 0 Å². The number of nitrogens with zero attached hydrogens (tertiary/aromatic N) is 4. The first-order valence-electron chi connectivity index (χ1n) is 15.1. The number of aromatic amines is 1. The third kappa shape index (κ3) is 6.85. The highest BCUT2D eigenvalue weighted by Gasteiger charge is 2.48. The number of benzene rings is 1. The third-order valence-corrected chi connectivity index (χ3v) is 8.37. The summed E-state index contributed by atoms with van der Waals surface area (Å²) in [5, 5.41) is 20.5. The van der Waals surface area contributed by atoms with Crippen molar-refractivity contribution in [1.82, 2.24) is 30.8 Å². The lowest BCUT2D eigenvalue weighted by atomic mass is 9.88. The molecule has 4 aromatic rings. The predicted octanol–water partition coefficient (Wildman–Crippen LogP) is 4.93. The van der Waals surface area contributed by atoms with E-state index in [1.165, 1.54) is 0 Å². The van der Waals surface area contributed by atoms with E-state index in [9.17, 15) is 9.59 Å². The molecule has 2 amide bonds. The summed E-state index contributed by atoms with van der Waals surface area (Å²) in [5.74, 6) is -0.970. The smallest absolute Gasteiger partial charge is 0.276 e. The molecule has 12 heteroatoms. The zero-order valence-corrected chi connectivity index (χ0v) is 24.8. The summed E-state index contributed by atoms with van der Waals surface area (Å²) in [5.41, 5.74) is 3.85. The lowest BCUT2D eigenvalue weighted by molar-refractivity contribution is -0.119. The van der Waals surface area contributed by atoms with Gasteiger partial charge in [-0.2, -0.15) is 9.49 Å². The molecule has 11 nitrogen and oxygen atoms in total. The van der Waals surface area contributed by atoms with Crippen LogP contribution in [0.3, 0.4) is 0 Å². The van der Waals surface area contributed by atoms with Gasteiger partial charge in [0, 0.05) is 23.4 Å². The number of aryl methyl sites for hydroxylation is 3. The maximum absolute atomic E-state index is 15.1. The summed E-state index contributed by atoms with van der Waals surface area (Å²) in [6.45, 7) is 4.56. The molecule has 0 unspecified atom stereocenters. The number of rotatable bonds is 14. The minimum atomic E-state index is -0.843. The summed E-state index contributed by atoms with van der Waals surface area (Å²) in [6.07, 6.45) is 5.06. The molecule has 1 aromatic carbocycles. The van der Waals surface area contributed by atoms with Crippen LogP contribution in [0, 0.1) is 37.5 Å². The van der Waals surface area contributed by atoms with E-state index in [0.29, 0.717) is 60.4 Å². The lowest BCUT2D eigenvalue weighted by Gasteiger charge is -2.27. The first kappa shape index (κ1) is 29.6. The van der Waals surface area contributed by atoms with E-state index >= 15 is 4.39 Å². The summed E-state index contributed by atoms with van der Waals surface area (Å²) in [4.78, 5) is 31.2. The van der Waals surface area contributed by atoms with Gasteiger partial charge in [-0.05, 0) is 93.0 Å². The standard InChI is InChI=1S/C32H36FN7O4/c1-18-26(19(2)38-37-18)23-14-15-25(34-30(23)33)35-32(42)29(27(21-10-11-21)22-12-13-22)36-31(41)28-24(39-44-40-28)9-6-16-43-17-20-7-4-3-5-8-20/h3-5,7-8,14-15,21-22,27,29H,6,9-13,16-17H2,1-2H3,(H,36,41)(H,37,38)(H,34,35,42)/t29-/m0/s1. The maximum Gasteiger partial charge on any atom is 0.276 e. The predicted molar refractivity (Wildman–Crippen MR) is 159 cm³/mol. The van der Waals surface area contributed by atoms with Gasteiger partial charge in [0.15, 0.2) is 5.69 Å². The van der Waals surface area contributed by atoms with E-state index in [4.69, 9.17) is 9.37 Å². The number of hydrogen-bond acceptors (Lipinski definition) is 8. The lowest BCUT2D eigenvalue weighted by Crippen LogP contribution is -2.50. The maximum atomic E-state index is 15.1. The van der Waals surface area contributed by atoms with Gasteiger partial charge in [0.2, 0.25) is 11.9 Å². The van der Waals surface area contributed by atoms with Crippen molar-refractivity contribution in [3.63, 3.8) is 0 Å². The van der Waals surface area contributed by atoms with Gasteiger partial charge >= 0.3 is 0 Å². The van der Waals surface area contributed by atoms with Crippen molar-refractivity contribution in [3.8, 4) is 11.1 Å². The van der Waals surface area contributed by atoms with Crippen molar-refractivity contribution < 1.29 is 23.3 Å². The Morgan fingerprint density at radius 1 is 1.07 bits per heavy atom. The van der Waals surface area contributed by atoms with E-state index < -0.39 is 23.8 Å². The van der Waals surface area contributed by atoms with Gasteiger partial charge in [0.25, 0.3) is 5.91 Å². The Balaban J connectivity index is 1.12. The fourth-order valence-corrected chi connectivity index (χ4v) is 5.93. The molecule has 3 N–H and O–H groups in total. The van der Waals surface area contributed by atoms with Crippen LogP contribution in [-0.4, -0.2) is 50.0 Å². The minimum absolute atomic E-state index is 0.0333. The van der Waals surface area contributed by atoms with Crippen LogP contribution in [0.15, 0.2) is 47.1 Å². The van der Waals surface area contributed by atoms with E-state index in [-0.39, 0.29) is 17.4 Å². The largest absolute Gasteiger partial charge is 0.377 e. The molecule has 3 aromatic heterocycles. The highest BCUT2D eigenvalue weighted by Crippen LogP contribution is 2.51. The second kappa shape index (κ2) is 13.0. The molecule has 6 rings (SSSR count). The minimum Gasteiger partial charge on any atom is -0.377 e. The van der Waals surface area contributed by atoms with Crippen molar-refractivity contribution in [2.75, 3.05) is 11.9 Å². The number of H-pyrrole nitrogens is 1. The number of carbonyl (C=O) groups is 2. The van der Waals surface area contributed by atoms with Crippen LogP contribution < -0.4 is 10.6 Å². The molecule has 2 fully saturated rings. The Kier molecular flexibility index (Phi) is 8.78. The van der Waals surface area contributed by atoms with Crippen molar-refractivity contribution >= 4 is 17.6 Å². The number of halogens is 1. The number of anilines is 1. The zero-order chi connectivity index (χ0) is 30.6. The van der Waals surface area contributed by atoms with Gasteiger partial charge in [0.1, 0.15) is 17.6 Å². The molecular formula is C32H36FN7O4. The first-order chi connectivity index (χ1) is 21.4. The normalized spacial score (nSPS) is 15.4. The van der Waals surface area contributed by atoms with E-state index in [2.05, 4.69) is 36.1 Å². The van der Waals surface area contributed by atoms with Crippen LogP contribution in [0.25, 0.3) is 11.1 Å². The molecule has 0 radical (unpaired) electrons. The van der Waals surface area contributed by atoms with Crippen LogP contribution in [0.5, 0.6) is 0 Å². The van der Waals surface area contributed by atoms with E-state index in [1.54, 1.807) is 19.1 Å². The van der Waals surface area contributed by atoms with Gasteiger partial charge in [0.05, 0.1) is 12.3 Å². The molecule has 1 atom stereocenters. The number of carbonyl (C=O) groups excluding carboxylic acids is 2. The molecule has 0 spiro atoms. The number of amides is 2. The Morgan fingerprint density at radius 3 is 2.48 bits per heavy atom. The molecule has 2 aliphatic carbocycles. The second-order valence-corrected chi connectivity index (χ2v) is 11.7. The fraction of sp³-hybridized carbons (Fsp3) is 0.438. The molecule has 44 heavy (non-hydrogen) atoms. The highest BCUT2D eigenvalue weighted by molar-refractivity contribution is 6.00. The molecule has 0 aliphatic heterocycles. The molecule has 2 saturated carbocycles. The average molecular weight is 602 g/mol. The van der Waals surface area contributed by atoms with Crippen LogP contribution in [-0.2, 0) is 22.6 Å². The molecule has 0 bridgehead atoms. The molecule has 230 valence electrons. The number of nitrogens with one attached hydrogen (secondary N) is 3. The third-order valence-electron chi connectivity index (χ3n) is 8.37. The quantitative estimate of drug-likeness (QED) is 0.136. The Morgan fingerprint density at radius 2 is 1.82 bits per heavy atom. The second-order valence-electron chi connectivity index (χ2n) is 11.7. The topological polar surface area (TPSA) is 148 Å². The number of pyridine rings is 1. The molecule has 0 saturated heterocycles. The van der Waals surface area contributed by atoms with Crippen molar-refractivity contribution in [2.24, 2.45) is 17.8 Å². The number of ether oxygens (including phenoxy) is 1. The van der Waals surface area contributed by atoms with Gasteiger partial charge in [-0.15, -0.1) is 0 Å². The van der Waals surface area contributed by atoms with Crippen molar-refractivity contribution in [2.45, 2.75) is 65.0 Å². The average Bonchev–Trinajstić information content (AvgIpc) is 3.95. The Bertz CT molecular complexity index is 1580. The summed E-state index contributed by atoms with van der Waals surface area (Å²) in [7, 11) is 0. The fourth-order valence-electron chi connectivity index (χ4n) is 5.93. The SMILES string of the molecule is Cc1n[nH]c(C)c1-c1ccc(NC(=O)[C@@H](NC(=O)c2nonc2CCCOCc2ccccc2)C(C2CC2)C2CC2)nc1F. The molecule has 3 heterocycles. The van der Waals surface area contributed by atoms with Gasteiger partial charge in [-0.1, -0.05) is 35.5 Å².